The average molecular weight is 382 g/mol. The number of halogens is 1. The Morgan fingerprint density at radius 1 is 1.40 bits per heavy atom. The van der Waals surface area contributed by atoms with Gasteiger partial charge in [0.25, 0.3) is 0 Å². The van der Waals surface area contributed by atoms with Crippen LogP contribution in [0.3, 0.4) is 0 Å². The van der Waals surface area contributed by atoms with Crippen LogP contribution >= 0.6 is 22.9 Å². The molecule has 1 unspecified atom stereocenters. The highest BCUT2D eigenvalue weighted by Crippen LogP contribution is 2.37. The molecule has 5 nitrogen and oxygen atoms in total. The molecule has 0 aliphatic carbocycles. The molecule has 134 valence electrons. The van der Waals surface area contributed by atoms with E-state index in [1.807, 2.05) is 24.3 Å². The Morgan fingerprint density at radius 3 is 2.84 bits per heavy atom. The number of hydrogen-bond acceptors (Lipinski definition) is 6. The highest BCUT2D eigenvalue weighted by atomic mass is 35.5. The van der Waals surface area contributed by atoms with Gasteiger partial charge < -0.3 is 14.6 Å². The first-order valence-electron chi connectivity index (χ1n) is 8.02. The standard InChI is InChI=1S/C18H20ClNO4S/c1-11(21)24-16-9-12-10-20(8-7-15(12)25-16)17(18(22)23-2)13-5-3-4-6-14(13)19/h3-6,9,11,17,21H,7-8,10H2,1-2H3/t11?,17-/m0/s1. The van der Waals surface area contributed by atoms with E-state index in [1.165, 1.54) is 23.3 Å². The highest BCUT2D eigenvalue weighted by Gasteiger charge is 2.33. The monoisotopic (exact) mass is 381 g/mol. The van der Waals surface area contributed by atoms with Crippen LogP contribution in [0.25, 0.3) is 0 Å². The summed E-state index contributed by atoms with van der Waals surface area (Å²) in [4.78, 5) is 15.7. The number of carbonyl (C=O) groups is 1. The third kappa shape index (κ3) is 3.98. The fourth-order valence-electron chi connectivity index (χ4n) is 3.06. The molecule has 3 rings (SSSR count). The van der Waals surface area contributed by atoms with Gasteiger partial charge in [-0.15, -0.1) is 11.3 Å². The molecule has 0 bridgehead atoms. The van der Waals surface area contributed by atoms with E-state index in [0.717, 1.165) is 17.5 Å². The maximum atomic E-state index is 12.4. The number of aliphatic hydroxyl groups is 1. The number of fused-ring (bicyclic) bond motifs is 1. The van der Waals surface area contributed by atoms with Gasteiger partial charge >= 0.3 is 5.97 Å². The minimum atomic E-state index is -0.845. The van der Waals surface area contributed by atoms with Crippen molar-refractivity contribution < 1.29 is 19.4 Å². The molecule has 0 saturated carbocycles. The molecule has 0 amide bonds. The smallest absolute Gasteiger partial charge is 0.327 e. The summed E-state index contributed by atoms with van der Waals surface area (Å²) in [7, 11) is 1.39. The quantitative estimate of drug-likeness (QED) is 0.635. The van der Waals surface area contributed by atoms with Crippen molar-refractivity contribution >= 4 is 28.9 Å². The van der Waals surface area contributed by atoms with Gasteiger partial charge in [-0.2, -0.15) is 0 Å². The molecule has 2 aromatic rings. The number of aliphatic hydroxyl groups excluding tert-OH is 1. The summed E-state index contributed by atoms with van der Waals surface area (Å²) in [6.45, 7) is 2.89. The molecule has 1 aromatic heterocycles. The van der Waals surface area contributed by atoms with Gasteiger partial charge in [0.15, 0.2) is 11.4 Å². The van der Waals surface area contributed by atoms with Gasteiger partial charge in [0.1, 0.15) is 6.04 Å². The lowest BCUT2D eigenvalue weighted by Crippen LogP contribution is -2.38. The zero-order valence-corrected chi connectivity index (χ0v) is 15.6. The maximum Gasteiger partial charge on any atom is 0.327 e. The molecule has 2 heterocycles. The lowest BCUT2D eigenvalue weighted by molar-refractivity contribution is -0.147. The van der Waals surface area contributed by atoms with E-state index in [4.69, 9.17) is 21.1 Å². The van der Waals surface area contributed by atoms with Crippen molar-refractivity contribution in [2.45, 2.75) is 32.2 Å². The van der Waals surface area contributed by atoms with Gasteiger partial charge in [-0.1, -0.05) is 29.8 Å². The Morgan fingerprint density at radius 2 is 2.16 bits per heavy atom. The average Bonchev–Trinajstić information content (AvgIpc) is 2.97. The molecule has 1 aliphatic rings. The third-order valence-corrected chi connectivity index (χ3v) is 5.62. The predicted octanol–water partition coefficient (Wildman–Crippen LogP) is 3.39. The molecule has 0 saturated heterocycles. The lowest BCUT2D eigenvalue weighted by atomic mass is 10.0. The maximum absolute atomic E-state index is 12.4. The summed E-state index contributed by atoms with van der Waals surface area (Å²) in [5.41, 5.74) is 1.85. The van der Waals surface area contributed by atoms with Gasteiger partial charge in [0.05, 0.1) is 7.11 Å². The molecular weight excluding hydrogens is 362 g/mol. The summed E-state index contributed by atoms with van der Waals surface area (Å²) < 4.78 is 10.4. The molecule has 1 aliphatic heterocycles. The molecule has 0 radical (unpaired) electrons. The molecule has 0 spiro atoms. The molecule has 25 heavy (non-hydrogen) atoms. The Kier molecular flexibility index (Phi) is 5.64. The van der Waals surface area contributed by atoms with Crippen LogP contribution < -0.4 is 4.74 Å². The Labute approximate surface area is 155 Å². The van der Waals surface area contributed by atoms with Gasteiger partial charge in [0.2, 0.25) is 0 Å². The van der Waals surface area contributed by atoms with Crippen molar-refractivity contribution in [1.29, 1.82) is 0 Å². The largest absolute Gasteiger partial charge is 0.468 e. The Bertz CT molecular complexity index is 761. The van der Waals surface area contributed by atoms with Gasteiger partial charge in [-0.05, 0) is 36.6 Å². The Balaban J connectivity index is 1.87. The number of thiophene rings is 1. The van der Waals surface area contributed by atoms with Crippen LogP contribution in [0.2, 0.25) is 5.02 Å². The fourth-order valence-corrected chi connectivity index (χ4v) is 4.37. The number of carbonyl (C=O) groups excluding carboxylic acids is 1. The fraction of sp³-hybridized carbons (Fsp3) is 0.389. The first kappa shape index (κ1) is 18.2. The van der Waals surface area contributed by atoms with Crippen molar-refractivity contribution in [2.24, 2.45) is 0 Å². The number of esters is 1. The zero-order valence-electron chi connectivity index (χ0n) is 14.1. The first-order chi connectivity index (χ1) is 12.0. The molecule has 7 heteroatoms. The third-order valence-electron chi connectivity index (χ3n) is 4.15. The van der Waals surface area contributed by atoms with Crippen molar-refractivity contribution in [1.82, 2.24) is 4.90 Å². The van der Waals surface area contributed by atoms with Crippen LogP contribution in [-0.2, 0) is 22.5 Å². The van der Waals surface area contributed by atoms with E-state index < -0.39 is 12.3 Å². The summed E-state index contributed by atoms with van der Waals surface area (Å²) in [5.74, 6) is -0.327. The molecule has 1 aromatic carbocycles. The number of hydrogen-bond donors (Lipinski definition) is 1. The highest BCUT2D eigenvalue weighted by molar-refractivity contribution is 7.14. The van der Waals surface area contributed by atoms with Crippen LogP contribution in [0.15, 0.2) is 30.3 Å². The summed E-state index contributed by atoms with van der Waals surface area (Å²) >= 11 is 7.86. The van der Waals surface area contributed by atoms with Gasteiger partial charge in [0, 0.05) is 23.0 Å². The molecule has 0 fully saturated rings. The zero-order chi connectivity index (χ0) is 18.0. The van der Waals surface area contributed by atoms with E-state index in [9.17, 15) is 9.90 Å². The normalized spacial score (nSPS) is 16.8. The summed E-state index contributed by atoms with van der Waals surface area (Å²) in [5, 5.41) is 10.6. The first-order valence-corrected chi connectivity index (χ1v) is 9.21. The van der Waals surface area contributed by atoms with Gasteiger partial charge in [-0.3, -0.25) is 4.90 Å². The Hall–Kier alpha value is -1.60. The van der Waals surface area contributed by atoms with Crippen LogP contribution in [0.5, 0.6) is 5.06 Å². The van der Waals surface area contributed by atoms with E-state index in [0.29, 0.717) is 23.2 Å². The number of methoxy groups -OCH3 is 1. The number of ether oxygens (including phenoxy) is 2. The minimum Gasteiger partial charge on any atom is -0.468 e. The SMILES string of the molecule is COC(=O)[C@H](c1ccccc1Cl)N1CCc2sc(OC(C)O)cc2C1. The number of benzene rings is 1. The van der Waals surface area contributed by atoms with Crippen LogP contribution in [0, 0.1) is 0 Å². The second kappa shape index (κ2) is 7.74. The second-order valence-corrected chi connectivity index (χ2v) is 7.41. The van der Waals surface area contributed by atoms with Crippen molar-refractivity contribution in [3.63, 3.8) is 0 Å². The van der Waals surface area contributed by atoms with Crippen LogP contribution in [0.4, 0.5) is 0 Å². The van der Waals surface area contributed by atoms with Crippen molar-refractivity contribution in [3.05, 3.63) is 51.4 Å². The molecule has 2 atom stereocenters. The van der Waals surface area contributed by atoms with E-state index in [2.05, 4.69) is 4.90 Å². The van der Waals surface area contributed by atoms with Gasteiger partial charge in [-0.25, -0.2) is 4.79 Å². The lowest BCUT2D eigenvalue weighted by Gasteiger charge is -2.33. The molecular formula is C18H20ClNO4S. The second-order valence-electron chi connectivity index (χ2n) is 5.90. The van der Waals surface area contributed by atoms with E-state index in [1.54, 1.807) is 13.0 Å². The van der Waals surface area contributed by atoms with Crippen LogP contribution in [0.1, 0.15) is 29.0 Å². The predicted molar refractivity (Wildman–Crippen MR) is 97.0 cm³/mol. The van der Waals surface area contributed by atoms with E-state index >= 15 is 0 Å². The van der Waals surface area contributed by atoms with Crippen molar-refractivity contribution in [2.75, 3.05) is 13.7 Å². The van der Waals surface area contributed by atoms with Crippen LogP contribution in [-0.4, -0.2) is 35.9 Å². The number of rotatable bonds is 5. The van der Waals surface area contributed by atoms with E-state index in [-0.39, 0.29) is 5.97 Å². The summed E-state index contributed by atoms with van der Waals surface area (Å²) in [6.07, 6.45) is -0.0386. The minimum absolute atomic E-state index is 0.327. The van der Waals surface area contributed by atoms with Crippen molar-refractivity contribution in [3.8, 4) is 5.06 Å². The molecule has 1 N–H and O–H groups in total. The topological polar surface area (TPSA) is 59.0 Å². The number of nitrogens with zero attached hydrogens (tertiary/aromatic N) is 1. The summed E-state index contributed by atoms with van der Waals surface area (Å²) in [6, 6.07) is 8.72.